The van der Waals surface area contributed by atoms with Crippen molar-refractivity contribution in [2.24, 2.45) is 11.7 Å². The molecule has 0 aromatic rings. The fourth-order valence-corrected chi connectivity index (χ4v) is 2.31. The predicted molar refractivity (Wildman–Crippen MR) is 57.4 cm³/mol. The van der Waals surface area contributed by atoms with Gasteiger partial charge in [-0.2, -0.15) is 13.2 Å². The summed E-state index contributed by atoms with van der Waals surface area (Å²) in [5.41, 5.74) is 5.17. The second kappa shape index (κ2) is 6.02. The first-order valence-electron chi connectivity index (χ1n) is 5.85. The number of hydrogen-bond donors (Lipinski definition) is 1. The Morgan fingerprint density at radius 3 is 2.65 bits per heavy atom. The average Bonchev–Trinajstić information content (AvgIpc) is 2.23. The maximum atomic E-state index is 11.9. The molecule has 0 aromatic heterocycles. The molecule has 1 aliphatic carbocycles. The summed E-state index contributed by atoms with van der Waals surface area (Å²) >= 11 is 0. The Balaban J connectivity index is 2.31. The van der Waals surface area contributed by atoms with Gasteiger partial charge in [0.2, 0.25) is 0 Å². The van der Waals surface area contributed by atoms with Gasteiger partial charge in [0.25, 0.3) is 0 Å². The largest absolute Gasteiger partial charge is 0.411 e. The van der Waals surface area contributed by atoms with Gasteiger partial charge in [0.15, 0.2) is 0 Å². The van der Waals surface area contributed by atoms with E-state index < -0.39 is 18.4 Å². The first kappa shape index (κ1) is 14.7. The molecule has 0 amide bonds. The second-order valence-electron chi connectivity index (χ2n) is 4.81. The number of halogens is 3. The molecule has 0 bridgehead atoms. The van der Waals surface area contributed by atoms with Crippen molar-refractivity contribution < 1.29 is 22.6 Å². The van der Waals surface area contributed by atoms with Crippen LogP contribution in [-0.2, 0) is 9.47 Å². The predicted octanol–water partition coefficient (Wildman–Crippen LogP) is 2.45. The normalized spacial score (nSPS) is 30.5. The number of hydrogen-bond acceptors (Lipinski definition) is 3. The van der Waals surface area contributed by atoms with Crippen LogP contribution in [-0.4, -0.2) is 31.7 Å². The van der Waals surface area contributed by atoms with E-state index in [0.29, 0.717) is 12.5 Å². The average molecular weight is 255 g/mol. The van der Waals surface area contributed by atoms with Gasteiger partial charge in [0, 0.05) is 6.54 Å². The van der Waals surface area contributed by atoms with Gasteiger partial charge < -0.3 is 15.2 Å². The summed E-state index contributed by atoms with van der Waals surface area (Å²) in [7, 11) is 0. The Morgan fingerprint density at radius 2 is 2.12 bits per heavy atom. The van der Waals surface area contributed by atoms with E-state index in [1.165, 1.54) is 0 Å². The van der Waals surface area contributed by atoms with Crippen LogP contribution in [0.25, 0.3) is 0 Å². The zero-order chi connectivity index (χ0) is 12.9. The first-order chi connectivity index (χ1) is 7.87. The molecule has 1 aliphatic rings. The van der Waals surface area contributed by atoms with Crippen molar-refractivity contribution in [3.05, 3.63) is 0 Å². The van der Waals surface area contributed by atoms with Gasteiger partial charge in [-0.3, -0.25) is 0 Å². The number of ether oxygens (including phenoxy) is 2. The van der Waals surface area contributed by atoms with Crippen molar-refractivity contribution in [1.29, 1.82) is 0 Å². The summed E-state index contributed by atoms with van der Waals surface area (Å²) in [6, 6.07) is 0. The van der Waals surface area contributed by atoms with Crippen molar-refractivity contribution in [2.75, 3.05) is 19.9 Å². The van der Waals surface area contributed by atoms with E-state index in [2.05, 4.69) is 11.7 Å². The topological polar surface area (TPSA) is 44.5 Å². The molecule has 0 radical (unpaired) electrons. The summed E-state index contributed by atoms with van der Waals surface area (Å²) in [5, 5.41) is 0. The Bertz CT molecular complexity index is 235. The minimum absolute atomic E-state index is 0.326. The van der Waals surface area contributed by atoms with Gasteiger partial charge in [-0.25, -0.2) is 0 Å². The van der Waals surface area contributed by atoms with Crippen molar-refractivity contribution in [2.45, 2.75) is 44.4 Å². The lowest BCUT2D eigenvalue weighted by molar-refractivity contribution is -0.220. The van der Waals surface area contributed by atoms with E-state index in [1.54, 1.807) is 0 Å². The monoisotopic (exact) mass is 255 g/mol. The molecule has 17 heavy (non-hydrogen) atoms. The highest BCUT2D eigenvalue weighted by Crippen LogP contribution is 2.34. The quantitative estimate of drug-likeness (QED) is 0.606. The van der Waals surface area contributed by atoms with Gasteiger partial charge in [-0.05, 0) is 18.8 Å². The minimum atomic E-state index is -4.31. The molecule has 1 saturated carbocycles. The van der Waals surface area contributed by atoms with Crippen LogP contribution >= 0.6 is 0 Å². The number of nitrogens with two attached hydrogens (primary N) is 1. The lowest BCUT2D eigenvalue weighted by atomic mass is 9.79. The van der Waals surface area contributed by atoms with Gasteiger partial charge >= 0.3 is 6.18 Å². The Morgan fingerprint density at radius 1 is 1.41 bits per heavy atom. The maximum absolute atomic E-state index is 11.9. The van der Waals surface area contributed by atoms with E-state index >= 15 is 0 Å². The molecule has 1 fully saturated rings. The van der Waals surface area contributed by atoms with E-state index in [9.17, 15) is 13.2 Å². The Hall–Kier alpha value is -0.330. The summed E-state index contributed by atoms with van der Waals surface area (Å²) in [5.74, 6) is 0.495. The van der Waals surface area contributed by atoms with Crippen LogP contribution in [0.2, 0.25) is 0 Å². The van der Waals surface area contributed by atoms with Crippen LogP contribution in [0, 0.1) is 5.92 Å². The van der Waals surface area contributed by atoms with Crippen LogP contribution in [0.3, 0.4) is 0 Å². The second-order valence-corrected chi connectivity index (χ2v) is 4.81. The fraction of sp³-hybridized carbons (Fsp3) is 1.00. The molecule has 6 heteroatoms. The van der Waals surface area contributed by atoms with Crippen molar-refractivity contribution in [3.8, 4) is 0 Å². The minimum Gasteiger partial charge on any atom is -0.348 e. The SMILES string of the molecule is CC1CCCC(CN)(OCOCC(F)(F)F)C1. The smallest absolute Gasteiger partial charge is 0.348 e. The van der Waals surface area contributed by atoms with E-state index in [-0.39, 0.29) is 6.79 Å². The summed E-state index contributed by atoms with van der Waals surface area (Å²) in [6.07, 6.45) is -0.604. The number of rotatable bonds is 5. The molecule has 0 heterocycles. The van der Waals surface area contributed by atoms with Crippen LogP contribution < -0.4 is 5.73 Å². The van der Waals surface area contributed by atoms with E-state index in [0.717, 1.165) is 25.7 Å². The van der Waals surface area contributed by atoms with Crippen LogP contribution in [0.5, 0.6) is 0 Å². The fourth-order valence-electron chi connectivity index (χ4n) is 2.31. The van der Waals surface area contributed by atoms with Gasteiger partial charge in [0.1, 0.15) is 13.4 Å². The molecule has 0 aromatic carbocycles. The molecule has 102 valence electrons. The molecule has 2 unspecified atom stereocenters. The highest BCUT2D eigenvalue weighted by Gasteiger charge is 2.35. The lowest BCUT2D eigenvalue weighted by Crippen LogP contribution is -2.45. The van der Waals surface area contributed by atoms with E-state index in [1.807, 2.05) is 0 Å². The summed E-state index contributed by atoms with van der Waals surface area (Å²) < 4.78 is 45.5. The van der Waals surface area contributed by atoms with Crippen LogP contribution in [0.1, 0.15) is 32.6 Å². The van der Waals surface area contributed by atoms with Crippen molar-refractivity contribution >= 4 is 0 Å². The van der Waals surface area contributed by atoms with Crippen molar-refractivity contribution in [1.82, 2.24) is 0 Å². The molecule has 0 aliphatic heterocycles. The zero-order valence-corrected chi connectivity index (χ0v) is 10.1. The standard InChI is InChI=1S/C11H20F3NO2/c1-9-3-2-4-10(5-9,6-15)17-8-16-7-11(12,13)14/h9H,2-8,15H2,1H3. The first-order valence-corrected chi connectivity index (χ1v) is 5.85. The van der Waals surface area contributed by atoms with Crippen LogP contribution in [0.4, 0.5) is 13.2 Å². The molecule has 2 atom stereocenters. The van der Waals surface area contributed by atoms with Gasteiger partial charge in [0.05, 0.1) is 5.60 Å². The van der Waals surface area contributed by atoms with Crippen LogP contribution in [0.15, 0.2) is 0 Å². The molecular weight excluding hydrogens is 235 g/mol. The highest BCUT2D eigenvalue weighted by molar-refractivity contribution is 4.87. The van der Waals surface area contributed by atoms with E-state index in [4.69, 9.17) is 10.5 Å². The van der Waals surface area contributed by atoms with Gasteiger partial charge in [-0.15, -0.1) is 0 Å². The molecule has 0 spiro atoms. The third kappa shape index (κ3) is 5.23. The Labute approximate surface area is 99.4 Å². The third-order valence-electron chi connectivity index (χ3n) is 3.14. The highest BCUT2D eigenvalue weighted by atomic mass is 19.4. The number of alkyl halides is 3. The maximum Gasteiger partial charge on any atom is 0.411 e. The lowest BCUT2D eigenvalue weighted by Gasteiger charge is -2.38. The molecule has 1 rings (SSSR count). The third-order valence-corrected chi connectivity index (χ3v) is 3.14. The molecule has 0 saturated heterocycles. The molecule has 2 N–H and O–H groups in total. The molecule has 3 nitrogen and oxygen atoms in total. The van der Waals surface area contributed by atoms with Gasteiger partial charge in [-0.1, -0.05) is 19.8 Å². The Kier molecular flexibility index (Phi) is 5.22. The summed E-state index contributed by atoms with van der Waals surface area (Å²) in [4.78, 5) is 0. The van der Waals surface area contributed by atoms with Crippen molar-refractivity contribution in [3.63, 3.8) is 0 Å². The summed E-state index contributed by atoms with van der Waals surface area (Å²) in [6.45, 7) is 0.808. The molecular formula is C11H20F3NO2. The zero-order valence-electron chi connectivity index (χ0n) is 10.1.